The van der Waals surface area contributed by atoms with Crippen molar-refractivity contribution in [2.45, 2.75) is 26.3 Å². The number of carbonyl (C=O) groups is 3. The van der Waals surface area contributed by atoms with Gasteiger partial charge in [0.25, 0.3) is 0 Å². The lowest BCUT2D eigenvalue weighted by Gasteiger charge is -2.23. The van der Waals surface area contributed by atoms with Gasteiger partial charge in [0, 0.05) is 13.1 Å². The third-order valence-corrected chi connectivity index (χ3v) is 3.23. The molecule has 0 aromatic rings. The Bertz CT molecular complexity index is 339. The number of hydrogen-bond acceptors (Lipinski definition) is 4. The number of carbonyl (C=O) groups excluding carboxylic acids is 2. The van der Waals surface area contributed by atoms with Crippen molar-refractivity contribution in [3.63, 3.8) is 0 Å². The van der Waals surface area contributed by atoms with Gasteiger partial charge in [0.2, 0.25) is 5.91 Å². The third kappa shape index (κ3) is 7.22. The molecule has 0 fully saturated rings. The summed E-state index contributed by atoms with van der Waals surface area (Å²) < 4.78 is 0. The molecule has 116 valence electrons. The first-order valence-electron chi connectivity index (χ1n) is 6.50. The van der Waals surface area contributed by atoms with E-state index in [2.05, 4.69) is 10.6 Å². The van der Waals surface area contributed by atoms with Crippen molar-refractivity contribution in [1.82, 2.24) is 15.5 Å². The summed E-state index contributed by atoms with van der Waals surface area (Å²) in [7, 11) is 0. The maximum absolute atomic E-state index is 12.0. The Morgan fingerprint density at radius 2 is 1.95 bits per heavy atom. The van der Waals surface area contributed by atoms with Crippen molar-refractivity contribution in [1.29, 1.82) is 0 Å². The van der Waals surface area contributed by atoms with E-state index in [1.165, 1.54) is 16.7 Å². The lowest BCUT2D eigenvalue weighted by Crippen LogP contribution is -2.50. The van der Waals surface area contributed by atoms with Crippen LogP contribution >= 0.6 is 11.8 Å². The number of rotatable bonds is 9. The van der Waals surface area contributed by atoms with Gasteiger partial charge in [-0.05, 0) is 32.3 Å². The minimum Gasteiger partial charge on any atom is -0.480 e. The molecule has 0 aromatic carbocycles. The molecule has 0 aliphatic heterocycles. The number of carboxylic acid groups (broad SMARTS) is 1. The Morgan fingerprint density at radius 1 is 1.30 bits per heavy atom. The van der Waals surface area contributed by atoms with Crippen LogP contribution in [0.25, 0.3) is 0 Å². The van der Waals surface area contributed by atoms with Crippen LogP contribution < -0.4 is 10.6 Å². The van der Waals surface area contributed by atoms with Gasteiger partial charge in [-0.2, -0.15) is 11.8 Å². The summed E-state index contributed by atoms with van der Waals surface area (Å²) in [6, 6.07) is -1.47. The van der Waals surface area contributed by atoms with E-state index in [0.717, 1.165) is 0 Å². The number of likely N-dealkylation sites (N-methyl/N-ethyl adjacent to an activating group) is 2. The summed E-state index contributed by atoms with van der Waals surface area (Å²) in [6.07, 6.45) is 2.22. The third-order valence-electron chi connectivity index (χ3n) is 2.58. The van der Waals surface area contributed by atoms with Crippen LogP contribution in [0.3, 0.4) is 0 Å². The van der Waals surface area contributed by atoms with Gasteiger partial charge >= 0.3 is 12.0 Å². The molecule has 0 unspecified atom stereocenters. The number of carboxylic acids is 1. The van der Waals surface area contributed by atoms with Crippen LogP contribution in [0.5, 0.6) is 0 Å². The standard InChI is InChI=1S/C12H23N3O4S/c1-4-13-10(16)8-15(5-2)12(19)14-9(11(17)18)6-7-20-3/h9H,4-8H2,1-3H3,(H,13,16)(H,14,19)(H,17,18)/t9-/m0/s1. The van der Waals surface area contributed by atoms with E-state index in [4.69, 9.17) is 5.11 Å². The quantitative estimate of drug-likeness (QED) is 0.571. The number of aliphatic carboxylic acids is 1. The number of amides is 3. The van der Waals surface area contributed by atoms with Crippen LogP contribution in [0.4, 0.5) is 4.79 Å². The second-order valence-electron chi connectivity index (χ2n) is 4.09. The Balaban J connectivity index is 4.50. The van der Waals surface area contributed by atoms with Crippen LogP contribution in [-0.2, 0) is 9.59 Å². The van der Waals surface area contributed by atoms with Gasteiger partial charge in [-0.15, -0.1) is 0 Å². The molecule has 0 heterocycles. The lowest BCUT2D eigenvalue weighted by molar-refractivity contribution is -0.139. The molecule has 20 heavy (non-hydrogen) atoms. The van der Waals surface area contributed by atoms with Gasteiger partial charge in [-0.25, -0.2) is 9.59 Å². The largest absolute Gasteiger partial charge is 0.480 e. The van der Waals surface area contributed by atoms with E-state index in [9.17, 15) is 14.4 Å². The van der Waals surface area contributed by atoms with Crippen molar-refractivity contribution < 1.29 is 19.5 Å². The predicted molar refractivity (Wildman–Crippen MR) is 78.9 cm³/mol. The highest BCUT2D eigenvalue weighted by molar-refractivity contribution is 7.98. The zero-order valence-electron chi connectivity index (χ0n) is 12.1. The smallest absolute Gasteiger partial charge is 0.326 e. The summed E-state index contributed by atoms with van der Waals surface area (Å²) >= 11 is 1.51. The Hall–Kier alpha value is -1.44. The van der Waals surface area contributed by atoms with Crippen molar-refractivity contribution in [3.05, 3.63) is 0 Å². The number of nitrogens with zero attached hydrogens (tertiary/aromatic N) is 1. The lowest BCUT2D eigenvalue weighted by atomic mass is 10.2. The van der Waals surface area contributed by atoms with Crippen molar-refractivity contribution in [2.24, 2.45) is 0 Å². The van der Waals surface area contributed by atoms with Crippen LogP contribution in [0.1, 0.15) is 20.3 Å². The predicted octanol–water partition coefficient (Wildman–Crippen LogP) is 0.360. The average Bonchev–Trinajstić information content (AvgIpc) is 2.40. The summed E-state index contributed by atoms with van der Waals surface area (Å²) in [5, 5.41) is 14.1. The molecule has 0 radical (unpaired) electrons. The fourth-order valence-corrected chi connectivity index (χ4v) is 1.96. The van der Waals surface area contributed by atoms with E-state index >= 15 is 0 Å². The first-order valence-corrected chi connectivity index (χ1v) is 7.89. The first kappa shape index (κ1) is 18.6. The van der Waals surface area contributed by atoms with E-state index in [1.54, 1.807) is 13.8 Å². The van der Waals surface area contributed by atoms with Crippen LogP contribution in [0.2, 0.25) is 0 Å². The minimum atomic E-state index is -1.07. The molecule has 1 atom stereocenters. The van der Waals surface area contributed by atoms with E-state index in [-0.39, 0.29) is 12.5 Å². The average molecular weight is 305 g/mol. The number of thioether (sulfide) groups is 1. The second-order valence-corrected chi connectivity index (χ2v) is 5.08. The van der Waals surface area contributed by atoms with Crippen LogP contribution in [0.15, 0.2) is 0 Å². The highest BCUT2D eigenvalue weighted by atomic mass is 32.2. The molecular weight excluding hydrogens is 282 g/mol. The van der Waals surface area contributed by atoms with Crippen molar-refractivity contribution in [3.8, 4) is 0 Å². The molecular formula is C12H23N3O4S. The molecule has 0 saturated carbocycles. The van der Waals surface area contributed by atoms with Crippen LogP contribution in [-0.4, -0.2) is 65.6 Å². The Morgan fingerprint density at radius 3 is 2.40 bits per heavy atom. The molecule has 3 N–H and O–H groups in total. The van der Waals surface area contributed by atoms with Gasteiger partial charge in [-0.1, -0.05) is 0 Å². The first-order chi connectivity index (χ1) is 9.46. The van der Waals surface area contributed by atoms with Gasteiger partial charge in [0.05, 0.1) is 0 Å². The highest BCUT2D eigenvalue weighted by Crippen LogP contribution is 2.02. The van der Waals surface area contributed by atoms with Gasteiger partial charge in [-0.3, -0.25) is 4.79 Å². The fraction of sp³-hybridized carbons (Fsp3) is 0.750. The van der Waals surface area contributed by atoms with Gasteiger partial charge in [0.1, 0.15) is 12.6 Å². The normalized spacial score (nSPS) is 11.6. The van der Waals surface area contributed by atoms with Crippen LogP contribution in [0, 0.1) is 0 Å². The summed E-state index contributed by atoms with van der Waals surface area (Å²) in [6.45, 7) is 4.26. The van der Waals surface area contributed by atoms with Gasteiger partial charge in [0.15, 0.2) is 0 Å². The molecule has 3 amide bonds. The molecule has 7 nitrogen and oxygen atoms in total. The van der Waals surface area contributed by atoms with Crippen molar-refractivity contribution >= 4 is 29.7 Å². The van der Waals surface area contributed by atoms with Crippen molar-refractivity contribution in [2.75, 3.05) is 31.6 Å². The molecule has 8 heteroatoms. The molecule has 0 aromatic heterocycles. The summed E-state index contributed by atoms with van der Waals surface area (Å²) in [5.74, 6) is -0.693. The second kappa shape index (κ2) is 10.4. The number of urea groups is 1. The monoisotopic (exact) mass is 305 g/mol. The zero-order chi connectivity index (χ0) is 15.5. The number of nitrogens with one attached hydrogen (secondary N) is 2. The SMILES string of the molecule is CCNC(=O)CN(CC)C(=O)N[C@@H](CCSC)C(=O)O. The Labute approximate surface area is 123 Å². The molecule has 0 aliphatic rings. The van der Waals surface area contributed by atoms with E-state index < -0.39 is 18.0 Å². The highest BCUT2D eigenvalue weighted by Gasteiger charge is 2.23. The van der Waals surface area contributed by atoms with Gasteiger partial charge < -0.3 is 20.6 Å². The van der Waals surface area contributed by atoms with E-state index in [1.807, 2.05) is 6.26 Å². The minimum absolute atomic E-state index is 0.0783. The zero-order valence-corrected chi connectivity index (χ0v) is 13.0. The summed E-state index contributed by atoms with van der Waals surface area (Å²) in [5.41, 5.74) is 0. The molecule has 0 spiro atoms. The summed E-state index contributed by atoms with van der Waals surface area (Å²) in [4.78, 5) is 35.7. The molecule has 0 aliphatic carbocycles. The topological polar surface area (TPSA) is 98.7 Å². The number of hydrogen-bond donors (Lipinski definition) is 3. The fourth-order valence-electron chi connectivity index (χ4n) is 1.49. The molecule has 0 bridgehead atoms. The maximum atomic E-state index is 12.0. The Kier molecular flexibility index (Phi) is 9.61. The molecule has 0 rings (SSSR count). The maximum Gasteiger partial charge on any atom is 0.326 e. The molecule has 0 saturated heterocycles. The van der Waals surface area contributed by atoms with E-state index in [0.29, 0.717) is 25.3 Å².